The van der Waals surface area contributed by atoms with Gasteiger partial charge in [0.15, 0.2) is 0 Å². The van der Waals surface area contributed by atoms with E-state index in [1.165, 1.54) is 12.4 Å². The summed E-state index contributed by atoms with van der Waals surface area (Å²) < 4.78 is 1.15. The molecule has 0 aliphatic heterocycles. The lowest BCUT2D eigenvalue weighted by Crippen LogP contribution is -2.34. The van der Waals surface area contributed by atoms with Crippen LogP contribution >= 0.6 is 11.6 Å². The zero-order valence-corrected chi connectivity index (χ0v) is 13.7. The molecule has 24 heavy (non-hydrogen) atoms. The van der Waals surface area contributed by atoms with Gasteiger partial charge in [0.2, 0.25) is 5.91 Å². The van der Waals surface area contributed by atoms with Crippen molar-refractivity contribution < 1.29 is 4.79 Å². The molecule has 2 heterocycles. The molecule has 3 aromatic rings. The lowest BCUT2D eigenvalue weighted by atomic mass is 10.1. The average molecular weight is 343 g/mol. The van der Waals surface area contributed by atoms with Crippen LogP contribution in [0.15, 0.2) is 53.7 Å². The SMILES string of the molecule is C[C@H](NC(=O)Cn1ncc2cnccc2c1=O)c1ccc(Cl)cc1. The van der Waals surface area contributed by atoms with Crippen molar-refractivity contribution in [3.8, 4) is 0 Å². The van der Waals surface area contributed by atoms with Crippen LogP contribution in [-0.4, -0.2) is 20.7 Å². The highest BCUT2D eigenvalue weighted by Crippen LogP contribution is 2.15. The molecule has 0 aliphatic carbocycles. The minimum absolute atomic E-state index is 0.144. The lowest BCUT2D eigenvalue weighted by molar-refractivity contribution is -0.122. The Morgan fingerprint density at radius 2 is 2.00 bits per heavy atom. The van der Waals surface area contributed by atoms with Gasteiger partial charge in [0.05, 0.1) is 17.6 Å². The van der Waals surface area contributed by atoms with Crippen LogP contribution in [0.5, 0.6) is 0 Å². The summed E-state index contributed by atoms with van der Waals surface area (Å²) in [6.45, 7) is 1.72. The van der Waals surface area contributed by atoms with Crippen molar-refractivity contribution in [2.75, 3.05) is 0 Å². The number of amides is 1. The molecule has 0 unspecified atom stereocenters. The molecule has 1 atom stereocenters. The van der Waals surface area contributed by atoms with Gasteiger partial charge in [-0.05, 0) is 30.7 Å². The van der Waals surface area contributed by atoms with Crippen LogP contribution in [0.25, 0.3) is 10.8 Å². The monoisotopic (exact) mass is 342 g/mol. The van der Waals surface area contributed by atoms with E-state index in [9.17, 15) is 9.59 Å². The fraction of sp³-hybridized carbons (Fsp3) is 0.176. The summed E-state index contributed by atoms with van der Waals surface area (Å²) in [5.74, 6) is -0.291. The summed E-state index contributed by atoms with van der Waals surface area (Å²) in [7, 11) is 0. The topological polar surface area (TPSA) is 76.9 Å². The van der Waals surface area contributed by atoms with Crippen molar-refractivity contribution in [3.63, 3.8) is 0 Å². The standard InChI is InChI=1S/C17H15ClN4O2/c1-11(12-2-4-14(18)5-3-12)21-16(23)10-22-17(24)15-6-7-19-8-13(15)9-20-22/h2-9,11H,10H2,1H3,(H,21,23)/t11-/m0/s1. The molecular weight excluding hydrogens is 328 g/mol. The summed E-state index contributed by atoms with van der Waals surface area (Å²) in [4.78, 5) is 28.5. The highest BCUT2D eigenvalue weighted by atomic mass is 35.5. The first-order valence-electron chi connectivity index (χ1n) is 7.39. The molecule has 0 spiro atoms. The highest BCUT2D eigenvalue weighted by Gasteiger charge is 2.12. The van der Waals surface area contributed by atoms with Gasteiger partial charge < -0.3 is 5.32 Å². The molecule has 0 saturated heterocycles. The Balaban J connectivity index is 1.74. The molecule has 0 bridgehead atoms. The second kappa shape index (κ2) is 6.80. The number of benzene rings is 1. The number of carbonyl (C=O) groups is 1. The van der Waals surface area contributed by atoms with Crippen LogP contribution in [-0.2, 0) is 11.3 Å². The first-order valence-corrected chi connectivity index (χ1v) is 7.77. The fourth-order valence-corrected chi connectivity index (χ4v) is 2.52. The van der Waals surface area contributed by atoms with Gasteiger partial charge in [0.1, 0.15) is 6.54 Å². The smallest absolute Gasteiger partial charge is 0.275 e. The molecule has 0 radical (unpaired) electrons. The maximum atomic E-state index is 12.3. The number of hydrogen-bond acceptors (Lipinski definition) is 4. The molecule has 0 fully saturated rings. The van der Waals surface area contributed by atoms with E-state index in [0.29, 0.717) is 15.8 Å². The summed E-state index contributed by atoms with van der Waals surface area (Å²) in [6, 6.07) is 8.65. The number of rotatable bonds is 4. The van der Waals surface area contributed by atoms with Crippen molar-refractivity contribution in [3.05, 3.63) is 69.9 Å². The largest absolute Gasteiger partial charge is 0.348 e. The Kier molecular flexibility index (Phi) is 4.57. The molecule has 0 saturated carbocycles. The maximum absolute atomic E-state index is 12.3. The molecule has 1 aromatic carbocycles. The molecule has 1 amide bonds. The van der Waals surface area contributed by atoms with Crippen molar-refractivity contribution >= 4 is 28.3 Å². The molecule has 6 nitrogen and oxygen atoms in total. The predicted molar refractivity (Wildman–Crippen MR) is 91.8 cm³/mol. The van der Waals surface area contributed by atoms with E-state index < -0.39 is 0 Å². The van der Waals surface area contributed by atoms with Crippen molar-refractivity contribution in [2.24, 2.45) is 0 Å². The Bertz CT molecular complexity index is 937. The van der Waals surface area contributed by atoms with E-state index >= 15 is 0 Å². The van der Waals surface area contributed by atoms with Crippen molar-refractivity contribution in [2.45, 2.75) is 19.5 Å². The minimum Gasteiger partial charge on any atom is -0.348 e. The van der Waals surface area contributed by atoms with Gasteiger partial charge in [-0.2, -0.15) is 5.10 Å². The molecule has 122 valence electrons. The summed E-state index contributed by atoms with van der Waals surface area (Å²) in [5.41, 5.74) is 0.613. The van der Waals surface area contributed by atoms with Crippen LogP contribution in [0.2, 0.25) is 5.02 Å². The minimum atomic E-state index is -0.316. The molecule has 3 rings (SSSR count). The molecule has 0 aliphatic rings. The molecule has 2 aromatic heterocycles. The van der Waals surface area contributed by atoms with Crippen molar-refractivity contribution in [1.29, 1.82) is 0 Å². The first kappa shape index (κ1) is 16.1. The van der Waals surface area contributed by atoms with Crippen molar-refractivity contribution in [1.82, 2.24) is 20.1 Å². The first-order chi connectivity index (χ1) is 11.5. The zero-order valence-electron chi connectivity index (χ0n) is 12.9. The maximum Gasteiger partial charge on any atom is 0.275 e. The third-order valence-corrected chi connectivity index (χ3v) is 3.95. The quantitative estimate of drug-likeness (QED) is 0.789. The number of aromatic nitrogens is 3. The molecule has 7 heteroatoms. The van der Waals surface area contributed by atoms with E-state index in [2.05, 4.69) is 15.4 Å². The van der Waals surface area contributed by atoms with Gasteiger partial charge in [-0.3, -0.25) is 14.6 Å². The number of fused-ring (bicyclic) bond motifs is 1. The second-order valence-electron chi connectivity index (χ2n) is 5.41. The Hall–Kier alpha value is -2.73. The van der Waals surface area contributed by atoms with E-state index in [4.69, 9.17) is 11.6 Å². The summed E-state index contributed by atoms with van der Waals surface area (Å²) in [5, 5.41) is 8.64. The van der Waals surface area contributed by atoms with Gasteiger partial charge in [-0.1, -0.05) is 23.7 Å². The number of nitrogens with one attached hydrogen (secondary N) is 1. The number of carbonyl (C=O) groups excluding carboxylic acids is 1. The lowest BCUT2D eigenvalue weighted by Gasteiger charge is -2.14. The number of nitrogens with zero attached hydrogens (tertiary/aromatic N) is 3. The predicted octanol–water partition coefficient (Wildman–Crippen LogP) is 2.32. The number of hydrogen-bond donors (Lipinski definition) is 1. The Morgan fingerprint density at radius 3 is 2.75 bits per heavy atom. The van der Waals surface area contributed by atoms with E-state index in [1.807, 2.05) is 19.1 Å². The van der Waals surface area contributed by atoms with Gasteiger partial charge >= 0.3 is 0 Å². The van der Waals surface area contributed by atoms with Crippen LogP contribution < -0.4 is 10.9 Å². The van der Waals surface area contributed by atoms with Gasteiger partial charge in [-0.25, -0.2) is 4.68 Å². The van der Waals surface area contributed by atoms with Gasteiger partial charge in [0, 0.05) is 22.8 Å². The van der Waals surface area contributed by atoms with Crippen LogP contribution in [0.3, 0.4) is 0 Å². The summed E-state index contributed by atoms with van der Waals surface area (Å²) >= 11 is 5.86. The third kappa shape index (κ3) is 3.44. The zero-order chi connectivity index (χ0) is 17.1. The van der Waals surface area contributed by atoms with E-state index in [1.54, 1.807) is 24.4 Å². The van der Waals surface area contributed by atoms with Crippen LogP contribution in [0.1, 0.15) is 18.5 Å². The average Bonchev–Trinajstić information content (AvgIpc) is 2.58. The van der Waals surface area contributed by atoms with E-state index in [-0.39, 0.29) is 24.1 Å². The Labute approximate surface area is 143 Å². The third-order valence-electron chi connectivity index (χ3n) is 3.69. The normalized spacial score (nSPS) is 12.1. The number of pyridine rings is 1. The fourth-order valence-electron chi connectivity index (χ4n) is 2.40. The highest BCUT2D eigenvalue weighted by molar-refractivity contribution is 6.30. The Morgan fingerprint density at radius 1 is 1.25 bits per heavy atom. The summed E-state index contributed by atoms with van der Waals surface area (Å²) in [6.07, 6.45) is 4.63. The number of halogens is 1. The van der Waals surface area contributed by atoms with Gasteiger partial charge in [0.25, 0.3) is 5.56 Å². The molecule has 1 N–H and O–H groups in total. The second-order valence-corrected chi connectivity index (χ2v) is 5.85. The molecular formula is C17H15ClN4O2. The van der Waals surface area contributed by atoms with Crippen LogP contribution in [0, 0.1) is 0 Å². The van der Waals surface area contributed by atoms with Crippen LogP contribution in [0.4, 0.5) is 0 Å². The van der Waals surface area contributed by atoms with Gasteiger partial charge in [-0.15, -0.1) is 0 Å². The van der Waals surface area contributed by atoms with E-state index in [0.717, 1.165) is 10.2 Å².